The Balaban J connectivity index is 1.52. The van der Waals surface area contributed by atoms with E-state index in [2.05, 4.69) is 63.8 Å². The number of rotatable bonds is 4. The number of hydrogen-bond donors (Lipinski definition) is 0. The Morgan fingerprint density at radius 3 is 2.63 bits per heavy atom. The molecule has 150 valence electrons. The smallest absolute Gasteiger partial charge is 0.227 e. The SMILES string of the molecule is Cc1ccc(N2CC(c3nc4ccccc4n3Cc3cccc(Br)c3)CC2=O)cc1. The summed E-state index contributed by atoms with van der Waals surface area (Å²) in [5.41, 5.74) is 5.44. The molecule has 1 atom stereocenters. The van der Waals surface area contributed by atoms with E-state index in [-0.39, 0.29) is 11.8 Å². The molecule has 5 rings (SSSR count). The van der Waals surface area contributed by atoms with Crippen LogP contribution >= 0.6 is 15.9 Å². The number of carbonyl (C=O) groups is 1. The van der Waals surface area contributed by atoms with E-state index in [1.807, 2.05) is 41.3 Å². The molecule has 0 bridgehead atoms. The molecule has 4 aromatic rings. The maximum absolute atomic E-state index is 12.9. The van der Waals surface area contributed by atoms with Crippen molar-refractivity contribution < 1.29 is 4.79 Å². The summed E-state index contributed by atoms with van der Waals surface area (Å²) in [4.78, 5) is 19.7. The van der Waals surface area contributed by atoms with E-state index in [1.54, 1.807) is 0 Å². The van der Waals surface area contributed by atoms with E-state index < -0.39 is 0 Å². The van der Waals surface area contributed by atoms with Gasteiger partial charge in [0.15, 0.2) is 0 Å². The third kappa shape index (κ3) is 3.54. The van der Waals surface area contributed by atoms with Crippen LogP contribution in [0.1, 0.15) is 29.3 Å². The summed E-state index contributed by atoms with van der Waals surface area (Å²) in [5.74, 6) is 1.21. The Morgan fingerprint density at radius 2 is 1.83 bits per heavy atom. The summed E-state index contributed by atoms with van der Waals surface area (Å²) in [7, 11) is 0. The van der Waals surface area contributed by atoms with E-state index >= 15 is 0 Å². The predicted molar refractivity (Wildman–Crippen MR) is 124 cm³/mol. The van der Waals surface area contributed by atoms with Crippen LogP contribution < -0.4 is 4.90 Å². The average molecular weight is 460 g/mol. The van der Waals surface area contributed by atoms with Crippen LogP contribution in [0.15, 0.2) is 77.3 Å². The fourth-order valence-corrected chi connectivity index (χ4v) is 4.69. The van der Waals surface area contributed by atoms with Gasteiger partial charge in [-0.15, -0.1) is 0 Å². The number of imidazole rings is 1. The summed E-state index contributed by atoms with van der Waals surface area (Å²) in [6.07, 6.45) is 0.482. The Hall–Kier alpha value is -2.92. The minimum absolute atomic E-state index is 0.0679. The Bertz CT molecular complexity index is 1230. The molecule has 30 heavy (non-hydrogen) atoms. The molecule has 1 fully saturated rings. The molecule has 1 aliphatic heterocycles. The number of aromatic nitrogens is 2. The minimum Gasteiger partial charge on any atom is -0.323 e. The monoisotopic (exact) mass is 459 g/mol. The molecule has 0 N–H and O–H groups in total. The van der Waals surface area contributed by atoms with E-state index in [0.29, 0.717) is 13.0 Å². The van der Waals surface area contributed by atoms with E-state index in [0.717, 1.165) is 33.6 Å². The number of hydrogen-bond acceptors (Lipinski definition) is 2. The summed E-state index contributed by atoms with van der Waals surface area (Å²) in [6.45, 7) is 3.44. The molecule has 3 aromatic carbocycles. The third-order valence-corrected chi connectivity index (χ3v) is 6.24. The first kappa shape index (κ1) is 19.1. The van der Waals surface area contributed by atoms with Gasteiger partial charge in [0.25, 0.3) is 0 Å². The maximum atomic E-state index is 12.9. The molecule has 0 spiro atoms. The number of benzene rings is 3. The molecule has 1 aliphatic rings. The predicted octanol–water partition coefficient (Wildman–Crippen LogP) is 5.68. The highest BCUT2D eigenvalue weighted by molar-refractivity contribution is 9.10. The van der Waals surface area contributed by atoms with Gasteiger partial charge in [0.1, 0.15) is 5.82 Å². The number of amides is 1. The lowest BCUT2D eigenvalue weighted by molar-refractivity contribution is -0.117. The standard InChI is InChI=1S/C25H22BrN3O/c1-17-9-11-21(12-10-17)28-16-19(14-24(28)30)25-27-22-7-2-3-8-23(22)29(25)15-18-5-4-6-20(26)13-18/h2-13,19H,14-16H2,1H3. The zero-order valence-corrected chi connectivity index (χ0v) is 18.3. The van der Waals surface area contributed by atoms with Crippen molar-refractivity contribution in [3.05, 3.63) is 94.2 Å². The van der Waals surface area contributed by atoms with Crippen molar-refractivity contribution in [1.29, 1.82) is 0 Å². The van der Waals surface area contributed by atoms with Crippen molar-refractivity contribution in [1.82, 2.24) is 9.55 Å². The second-order valence-electron chi connectivity index (χ2n) is 7.92. The van der Waals surface area contributed by atoms with Gasteiger partial charge >= 0.3 is 0 Å². The van der Waals surface area contributed by atoms with Crippen molar-refractivity contribution in [3.8, 4) is 0 Å². The van der Waals surface area contributed by atoms with Gasteiger partial charge in [0.2, 0.25) is 5.91 Å². The zero-order valence-electron chi connectivity index (χ0n) is 16.8. The van der Waals surface area contributed by atoms with Crippen LogP contribution in [0.4, 0.5) is 5.69 Å². The number of carbonyl (C=O) groups excluding carboxylic acids is 1. The van der Waals surface area contributed by atoms with Crippen LogP contribution in [0.25, 0.3) is 11.0 Å². The highest BCUT2D eigenvalue weighted by Gasteiger charge is 2.34. The summed E-state index contributed by atoms with van der Waals surface area (Å²) in [5, 5.41) is 0. The van der Waals surface area contributed by atoms with Crippen molar-refractivity contribution in [2.75, 3.05) is 11.4 Å². The number of aryl methyl sites for hydroxylation is 1. The van der Waals surface area contributed by atoms with E-state index in [4.69, 9.17) is 4.98 Å². The fourth-order valence-electron chi connectivity index (χ4n) is 4.24. The second kappa shape index (κ2) is 7.73. The molecule has 0 aliphatic carbocycles. The van der Waals surface area contributed by atoms with Crippen LogP contribution in [-0.2, 0) is 11.3 Å². The summed E-state index contributed by atoms with van der Waals surface area (Å²) >= 11 is 3.57. The Kier molecular flexibility index (Phi) is 4.91. The highest BCUT2D eigenvalue weighted by atomic mass is 79.9. The first-order valence-corrected chi connectivity index (χ1v) is 10.9. The lowest BCUT2D eigenvalue weighted by Gasteiger charge is -2.18. The quantitative estimate of drug-likeness (QED) is 0.393. The van der Waals surface area contributed by atoms with Gasteiger partial charge in [-0.2, -0.15) is 0 Å². The molecule has 4 nitrogen and oxygen atoms in total. The fraction of sp³-hybridized carbons (Fsp3) is 0.200. The lowest BCUT2D eigenvalue weighted by atomic mass is 10.1. The van der Waals surface area contributed by atoms with Crippen LogP contribution in [0.5, 0.6) is 0 Å². The molecule has 0 radical (unpaired) electrons. The second-order valence-corrected chi connectivity index (χ2v) is 8.83. The van der Waals surface area contributed by atoms with Crippen molar-refractivity contribution >= 4 is 38.6 Å². The van der Waals surface area contributed by atoms with Gasteiger partial charge in [0.05, 0.1) is 11.0 Å². The zero-order chi connectivity index (χ0) is 20.7. The van der Waals surface area contributed by atoms with Crippen molar-refractivity contribution in [3.63, 3.8) is 0 Å². The molecule has 5 heteroatoms. The molecule has 1 amide bonds. The average Bonchev–Trinajstić information content (AvgIpc) is 3.30. The number of halogens is 1. The van der Waals surface area contributed by atoms with E-state index in [1.165, 1.54) is 11.1 Å². The first-order valence-electron chi connectivity index (χ1n) is 10.1. The largest absolute Gasteiger partial charge is 0.323 e. The number of fused-ring (bicyclic) bond motifs is 1. The van der Waals surface area contributed by atoms with Gasteiger partial charge in [-0.3, -0.25) is 4.79 Å². The molecule has 2 heterocycles. The lowest BCUT2D eigenvalue weighted by Crippen LogP contribution is -2.24. The van der Waals surface area contributed by atoms with E-state index in [9.17, 15) is 4.79 Å². The summed E-state index contributed by atoms with van der Waals surface area (Å²) < 4.78 is 3.33. The van der Waals surface area contributed by atoms with Crippen LogP contribution in [0, 0.1) is 6.92 Å². The Labute approximate surface area is 184 Å². The number of nitrogens with zero attached hydrogens (tertiary/aromatic N) is 3. The molecular formula is C25H22BrN3O. The van der Waals surface area contributed by atoms with Crippen molar-refractivity contribution in [2.24, 2.45) is 0 Å². The van der Waals surface area contributed by atoms with Crippen LogP contribution in [0.3, 0.4) is 0 Å². The molecule has 0 saturated carbocycles. The molecular weight excluding hydrogens is 438 g/mol. The normalized spacial score (nSPS) is 16.5. The van der Waals surface area contributed by atoms with Crippen molar-refractivity contribution in [2.45, 2.75) is 25.8 Å². The van der Waals surface area contributed by atoms with Crippen LogP contribution in [0.2, 0.25) is 0 Å². The number of para-hydroxylation sites is 2. The molecule has 1 aromatic heterocycles. The van der Waals surface area contributed by atoms with Gasteiger partial charge in [-0.05, 0) is 48.9 Å². The third-order valence-electron chi connectivity index (χ3n) is 5.75. The minimum atomic E-state index is 0.0679. The van der Waals surface area contributed by atoms with Gasteiger partial charge in [-0.25, -0.2) is 4.98 Å². The molecule has 1 saturated heterocycles. The summed E-state index contributed by atoms with van der Waals surface area (Å²) in [6, 6.07) is 24.7. The van der Waals surface area contributed by atoms with Gasteiger partial charge in [0, 0.05) is 35.6 Å². The Morgan fingerprint density at radius 1 is 1.03 bits per heavy atom. The van der Waals surface area contributed by atoms with Gasteiger partial charge < -0.3 is 9.47 Å². The number of anilines is 1. The highest BCUT2D eigenvalue weighted by Crippen LogP contribution is 2.33. The molecule has 1 unspecified atom stereocenters. The topological polar surface area (TPSA) is 38.1 Å². The van der Waals surface area contributed by atoms with Gasteiger partial charge in [-0.1, -0.05) is 57.9 Å². The first-order chi connectivity index (χ1) is 14.6. The van der Waals surface area contributed by atoms with Crippen LogP contribution in [-0.4, -0.2) is 22.0 Å². The maximum Gasteiger partial charge on any atom is 0.227 e.